The highest BCUT2D eigenvalue weighted by Crippen LogP contribution is 2.10. The standard InChI is InChI=1S/C15H19BrN4/c1-17-15(19-10-13-7-8-20(2)11-13)18-9-12-3-5-14(16)6-4-12/h3-8,11H,9-10H2,1-2H3,(H2,17,18,19). The second-order valence-corrected chi connectivity index (χ2v) is 5.51. The van der Waals surface area contributed by atoms with Gasteiger partial charge in [-0.15, -0.1) is 0 Å². The Bertz CT molecular complexity index is 572. The molecule has 0 spiro atoms. The quantitative estimate of drug-likeness (QED) is 0.666. The second kappa shape index (κ2) is 7.14. The Hall–Kier alpha value is -1.75. The third kappa shape index (κ3) is 4.42. The van der Waals surface area contributed by atoms with Crippen molar-refractivity contribution in [3.63, 3.8) is 0 Å². The molecule has 2 N–H and O–H groups in total. The van der Waals surface area contributed by atoms with Crippen LogP contribution in [-0.4, -0.2) is 17.6 Å². The molecule has 1 aromatic carbocycles. The molecule has 0 amide bonds. The van der Waals surface area contributed by atoms with Gasteiger partial charge in [0.05, 0.1) is 0 Å². The van der Waals surface area contributed by atoms with Crippen LogP contribution in [0.5, 0.6) is 0 Å². The molecule has 1 aromatic heterocycles. The number of guanidine groups is 1. The van der Waals surface area contributed by atoms with E-state index in [0.29, 0.717) is 0 Å². The van der Waals surface area contributed by atoms with Crippen LogP contribution < -0.4 is 10.6 Å². The minimum Gasteiger partial charge on any atom is -0.357 e. The summed E-state index contributed by atoms with van der Waals surface area (Å²) in [6, 6.07) is 10.3. The molecule has 4 nitrogen and oxygen atoms in total. The van der Waals surface area contributed by atoms with Gasteiger partial charge >= 0.3 is 0 Å². The number of aromatic nitrogens is 1. The maximum Gasteiger partial charge on any atom is 0.191 e. The van der Waals surface area contributed by atoms with Gasteiger partial charge in [-0.25, -0.2) is 0 Å². The van der Waals surface area contributed by atoms with Crippen LogP contribution in [0.1, 0.15) is 11.1 Å². The summed E-state index contributed by atoms with van der Waals surface area (Å²) in [6.45, 7) is 1.52. The molecule has 1 heterocycles. The monoisotopic (exact) mass is 334 g/mol. The van der Waals surface area contributed by atoms with Crippen molar-refractivity contribution in [2.24, 2.45) is 12.0 Å². The lowest BCUT2D eigenvalue weighted by Gasteiger charge is -2.11. The van der Waals surface area contributed by atoms with Crippen LogP contribution in [0.3, 0.4) is 0 Å². The predicted molar refractivity (Wildman–Crippen MR) is 86.6 cm³/mol. The van der Waals surface area contributed by atoms with Gasteiger partial charge in [-0.1, -0.05) is 28.1 Å². The van der Waals surface area contributed by atoms with Crippen molar-refractivity contribution in [3.05, 3.63) is 58.3 Å². The molecule has 0 aliphatic heterocycles. The molecule has 0 aliphatic rings. The molecule has 0 fully saturated rings. The van der Waals surface area contributed by atoms with Crippen molar-refractivity contribution in [1.82, 2.24) is 15.2 Å². The average molecular weight is 335 g/mol. The zero-order chi connectivity index (χ0) is 14.4. The van der Waals surface area contributed by atoms with E-state index >= 15 is 0 Å². The molecule has 0 saturated heterocycles. The molecular formula is C15H19BrN4. The van der Waals surface area contributed by atoms with Crippen LogP contribution in [0.2, 0.25) is 0 Å². The number of benzene rings is 1. The normalized spacial score (nSPS) is 11.4. The zero-order valence-electron chi connectivity index (χ0n) is 11.7. The Labute approximate surface area is 128 Å². The maximum absolute atomic E-state index is 4.22. The molecule has 5 heteroatoms. The Kier molecular flexibility index (Phi) is 5.24. The highest BCUT2D eigenvalue weighted by molar-refractivity contribution is 9.10. The van der Waals surface area contributed by atoms with E-state index in [9.17, 15) is 0 Å². The van der Waals surface area contributed by atoms with Gasteiger partial charge in [0, 0.05) is 44.1 Å². The number of aliphatic imine (C=N–C) groups is 1. The van der Waals surface area contributed by atoms with Crippen LogP contribution in [0, 0.1) is 0 Å². The molecular weight excluding hydrogens is 316 g/mol. The van der Waals surface area contributed by atoms with E-state index in [4.69, 9.17) is 0 Å². The minimum absolute atomic E-state index is 0.752. The topological polar surface area (TPSA) is 41.4 Å². The van der Waals surface area contributed by atoms with E-state index in [0.717, 1.165) is 23.5 Å². The predicted octanol–water partition coefficient (Wildman–Crippen LogP) is 2.65. The highest BCUT2D eigenvalue weighted by Gasteiger charge is 2.00. The number of nitrogens with zero attached hydrogens (tertiary/aromatic N) is 2. The Morgan fingerprint density at radius 2 is 1.75 bits per heavy atom. The largest absolute Gasteiger partial charge is 0.357 e. The number of hydrogen-bond donors (Lipinski definition) is 2. The molecule has 0 radical (unpaired) electrons. The Morgan fingerprint density at radius 3 is 2.30 bits per heavy atom. The van der Waals surface area contributed by atoms with E-state index < -0.39 is 0 Å². The molecule has 2 aromatic rings. The molecule has 0 saturated carbocycles. The molecule has 2 rings (SSSR count). The summed E-state index contributed by atoms with van der Waals surface area (Å²) < 4.78 is 3.13. The van der Waals surface area contributed by atoms with Gasteiger partial charge in [0.2, 0.25) is 0 Å². The van der Waals surface area contributed by atoms with Crippen LogP contribution in [-0.2, 0) is 20.1 Å². The first kappa shape index (κ1) is 14.7. The SMILES string of the molecule is CN=C(NCc1ccc(Br)cc1)NCc1ccn(C)c1. The van der Waals surface area contributed by atoms with E-state index in [-0.39, 0.29) is 0 Å². The lowest BCUT2D eigenvalue weighted by atomic mass is 10.2. The summed E-state index contributed by atoms with van der Waals surface area (Å²) >= 11 is 3.43. The number of halogens is 1. The number of nitrogens with one attached hydrogen (secondary N) is 2. The smallest absolute Gasteiger partial charge is 0.191 e. The van der Waals surface area contributed by atoms with Crippen molar-refractivity contribution >= 4 is 21.9 Å². The number of hydrogen-bond acceptors (Lipinski definition) is 1. The maximum atomic E-state index is 4.22. The Balaban J connectivity index is 1.82. The van der Waals surface area contributed by atoms with E-state index in [1.165, 1.54) is 11.1 Å². The first-order valence-corrected chi connectivity index (χ1v) is 7.26. The van der Waals surface area contributed by atoms with Crippen molar-refractivity contribution in [2.45, 2.75) is 13.1 Å². The zero-order valence-corrected chi connectivity index (χ0v) is 13.3. The summed E-state index contributed by atoms with van der Waals surface area (Å²) in [4.78, 5) is 4.22. The van der Waals surface area contributed by atoms with E-state index in [2.05, 4.69) is 56.0 Å². The summed E-state index contributed by atoms with van der Waals surface area (Å²) in [5, 5.41) is 6.60. The lowest BCUT2D eigenvalue weighted by molar-refractivity contribution is 0.806. The fraction of sp³-hybridized carbons (Fsp3) is 0.267. The van der Waals surface area contributed by atoms with Crippen LogP contribution in [0.25, 0.3) is 0 Å². The summed E-state index contributed by atoms with van der Waals surface area (Å²) in [5.41, 5.74) is 2.45. The lowest BCUT2D eigenvalue weighted by Crippen LogP contribution is -2.36. The average Bonchev–Trinajstić information content (AvgIpc) is 2.87. The van der Waals surface area contributed by atoms with Gasteiger partial charge < -0.3 is 15.2 Å². The van der Waals surface area contributed by atoms with Gasteiger partial charge in [-0.2, -0.15) is 0 Å². The fourth-order valence-electron chi connectivity index (χ4n) is 1.86. The molecule has 0 atom stereocenters. The number of aryl methyl sites for hydroxylation is 1. The van der Waals surface area contributed by atoms with Gasteiger partial charge in [-0.3, -0.25) is 4.99 Å². The molecule has 0 aliphatic carbocycles. The van der Waals surface area contributed by atoms with Crippen molar-refractivity contribution in [3.8, 4) is 0 Å². The van der Waals surface area contributed by atoms with Gasteiger partial charge in [0.1, 0.15) is 0 Å². The number of rotatable bonds is 4. The van der Waals surface area contributed by atoms with Crippen molar-refractivity contribution in [2.75, 3.05) is 7.05 Å². The Morgan fingerprint density at radius 1 is 1.10 bits per heavy atom. The summed E-state index contributed by atoms with van der Waals surface area (Å²) in [5.74, 6) is 0.803. The van der Waals surface area contributed by atoms with Crippen LogP contribution in [0.15, 0.2) is 52.2 Å². The van der Waals surface area contributed by atoms with Gasteiger partial charge in [0.25, 0.3) is 0 Å². The highest BCUT2D eigenvalue weighted by atomic mass is 79.9. The van der Waals surface area contributed by atoms with Gasteiger partial charge in [-0.05, 0) is 29.3 Å². The van der Waals surface area contributed by atoms with Gasteiger partial charge in [0.15, 0.2) is 5.96 Å². The molecule has 0 unspecified atom stereocenters. The molecule has 106 valence electrons. The van der Waals surface area contributed by atoms with Crippen molar-refractivity contribution in [1.29, 1.82) is 0 Å². The third-order valence-corrected chi connectivity index (χ3v) is 3.48. The van der Waals surface area contributed by atoms with E-state index in [1.54, 1.807) is 7.05 Å². The minimum atomic E-state index is 0.752. The molecule has 0 bridgehead atoms. The van der Waals surface area contributed by atoms with Crippen LogP contribution in [0.4, 0.5) is 0 Å². The fourth-order valence-corrected chi connectivity index (χ4v) is 2.12. The summed E-state index contributed by atoms with van der Waals surface area (Å²) in [7, 11) is 3.80. The van der Waals surface area contributed by atoms with Crippen LogP contribution >= 0.6 is 15.9 Å². The third-order valence-electron chi connectivity index (χ3n) is 2.95. The second-order valence-electron chi connectivity index (χ2n) is 4.59. The van der Waals surface area contributed by atoms with Crippen molar-refractivity contribution < 1.29 is 0 Å². The molecule has 20 heavy (non-hydrogen) atoms. The first-order chi connectivity index (χ1) is 9.67. The first-order valence-electron chi connectivity index (χ1n) is 6.47. The van der Waals surface area contributed by atoms with E-state index in [1.807, 2.05) is 29.9 Å². The summed E-state index contributed by atoms with van der Waals surface area (Å²) in [6.07, 6.45) is 4.13.